The predicted octanol–water partition coefficient (Wildman–Crippen LogP) is 3.14. The normalized spacial score (nSPS) is 10.6. The highest BCUT2D eigenvalue weighted by molar-refractivity contribution is 14.1. The summed E-state index contributed by atoms with van der Waals surface area (Å²) in [5.74, 6) is 1.15. The van der Waals surface area contributed by atoms with E-state index >= 15 is 0 Å². The molecule has 0 saturated carbocycles. The number of aryl methyl sites for hydroxylation is 1. The summed E-state index contributed by atoms with van der Waals surface area (Å²) in [7, 11) is 1.62. The number of hydrogen-bond acceptors (Lipinski definition) is 4. The van der Waals surface area contributed by atoms with Crippen LogP contribution in [-0.2, 0) is 4.79 Å². The van der Waals surface area contributed by atoms with Crippen LogP contribution in [0.15, 0.2) is 47.6 Å². The van der Waals surface area contributed by atoms with Crippen LogP contribution in [-0.4, -0.2) is 25.8 Å². The maximum Gasteiger partial charge on any atom is 0.277 e. The Hall–Kier alpha value is -2.09. The summed E-state index contributed by atoms with van der Waals surface area (Å²) >= 11 is 2.18. The molecule has 0 saturated heterocycles. The van der Waals surface area contributed by atoms with Crippen molar-refractivity contribution < 1.29 is 14.3 Å². The molecule has 5 nitrogen and oxygen atoms in total. The molecule has 2 rings (SSSR count). The number of carbonyl (C=O) groups excluding carboxylic acids is 1. The number of amides is 1. The highest BCUT2D eigenvalue weighted by Crippen LogP contribution is 2.20. The lowest BCUT2D eigenvalue weighted by Gasteiger charge is -2.05. The Labute approximate surface area is 148 Å². The van der Waals surface area contributed by atoms with Crippen LogP contribution in [0.3, 0.4) is 0 Å². The fourth-order valence-electron chi connectivity index (χ4n) is 1.83. The average Bonchev–Trinajstić information content (AvgIpc) is 2.53. The van der Waals surface area contributed by atoms with Crippen LogP contribution >= 0.6 is 22.6 Å². The van der Waals surface area contributed by atoms with Gasteiger partial charge in [-0.05, 0) is 71.0 Å². The van der Waals surface area contributed by atoms with Gasteiger partial charge in [-0.3, -0.25) is 4.79 Å². The van der Waals surface area contributed by atoms with Crippen LogP contribution in [0.2, 0.25) is 0 Å². The first-order chi connectivity index (χ1) is 11.1. The predicted molar refractivity (Wildman–Crippen MR) is 98.1 cm³/mol. The summed E-state index contributed by atoms with van der Waals surface area (Å²) < 4.78 is 11.6. The summed E-state index contributed by atoms with van der Waals surface area (Å²) in [4.78, 5) is 11.7. The first-order valence-electron chi connectivity index (χ1n) is 6.93. The molecule has 0 radical (unpaired) electrons. The molecule has 0 spiro atoms. The van der Waals surface area contributed by atoms with E-state index in [9.17, 15) is 4.79 Å². The topological polar surface area (TPSA) is 59.9 Å². The van der Waals surface area contributed by atoms with Crippen molar-refractivity contribution in [3.63, 3.8) is 0 Å². The van der Waals surface area contributed by atoms with Gasteiger partial charge in [-0.15, -0.1) is 0 Å². The molecule has 0 aliphatic carbocycles. The number of hydrazone groups is 1. The average molecular weight is 424 g/mol. The van der Waals surface area contributed by atoms with Crippen LogP contribution in [0.1, 0.15) is 11.1 Å². The second-order valence-corrected chi connectivity index (χ2v) is 5.95. The van der Waals surface area contributed by atoms with E-state index in [-0.39, 0.29) is 12.5 Å². The van der Waals surface area contributed by atoms with Crippen LogP contribution in [0.4, 0.5) is 0 Å². The van der Waals surface area contributed by atoms with Gasteiger partial charge in [0.1, 0.15) is 11.5 Å². The molecule has 0 fully saturated rings. The van der Waals surface area contributed by atoms with Crippen molar-refractivity contribution in [2.24, 2.45) is 5.10 Å². The van der Waals surface area contributed by atoms with Gasteiger partial charge in [0.25, 0.3) is 5.91 Å². The number of nitrogens with one attached hydrogen (secondary N) is 1. The lowest BCUT2D eigenvalue weighted by atomic mass is 10.2. The monoisotopic (exact) mass is 424 g/mol. The fourth-order valence-corrected chi connectivity index (χ4v) is 2.59. The molecule has 0 aliphatic rings. The summed E-state index contributed by atoms with van der Waals surface area (Å²) in [6.07, 6.45) is 1.58. The third-order valence-corrected chi connectivity index (χ3v) is 3.78. The van der Waals surface area contributed by atoms with Crippen molar-refractivity contribution in [1.82, 2.24) is 5.43 Å². The molecule has 120 valence electrons. The Kier molecular flexibility index (Phi) is 6.40. The molecule has 0 unspecified atom stereocenters. The minimum atomic E-state index is -0.314. The largest absolute Gasteiger partial charge is 0.496 e. The molecule has 0 atom stereocenters. The van der Waals surface area contributed by atoms with Crippen molar-refractivity contribution in [3.8, 4) is 11.5 Å². The van der Waals surface area contributed by atoms with Gasteiger partial charge in [0.05, 0.1) is 16.9 Å². The summed E-state index contributed by atoms with van der Waals surface area (Å²) in [5, 5.41) is 3.92. The fraction of sp³-hybridized carbons (Fsp3) is 0.176. The number of nitrogens with zero attached hydrogens (tertiary/aromatic N) is 1. The van der Waals surface area contributed by atoms with Crippen molar-refractivity contribution >= 4 is 34.7 Å². The number of halogens is 1. The lowest BCUT2D eigenvalue weighted by molar-refractivity contribution is -0.123. The number of benzene rings is 2. The van der Waals surface area contributed by atoms with E-state index in [1.807, 2.05) is 49.4 Å². The summed E-state index contributed by atoms with van der Waals surface area (Å²) in [6.45, 7) is 1.88. The van der Waals surface area contributed by atoms with Crippen molar-refractivity contribution in [2.45, 2.75) is 6.92 Å². The minimum absolute atomic E-state index is 0.0824. The van der Waals surface area contributed by atoms with Gasteiger partial charge in [-0.1, -0.05) is 12.1 Å². The molecule has 6 heteroatoms. The van der Waals surface area contributed by atoms with E-state index in [0.717, 1.165) is 20.4 Å². The molecule has 0 bridgehead atoms. The zero-order valence-corrected chi connectivity index (χ0v) is 15.0. The molecule has 23 heavy (non-hydrogen) atoms. The maximum atomic E-state index is 11.7. The van der Waals surface area contributed by atoms with Gasteiger partial charge in [-0.25, -0.2) is 5.43 Å². The second-order valence-electron chi connectivity index (χ2n) is 4.79. The van der Waals surface area contributed by atoms with E-state index < -0.39 is 0 Å². The standard InChI is InChI=1S/C17H17IN2O3/c1-12-4-3-5-14(8-12)23-11-17(21)20-19-10-13-6-7-16(22-2)15(18)9-13/h3-10H,11H2,1-2H3,(H,20,21)/b19-10+. The van der Waals surface area contributed by atoms with E-state index in [0.29, 0.717) is 5.75 Å². The number of carbonyl (C=O) groups is 1. The molecular weight excluding hydrogens is 407 g/mol. The molecule has 0 heterocycles. The zero-order valence-electron chi connectivity index (χ0n) is 12.9. The van der Waals surface area contributed by atoms with Crippen LogP contribution in [0.5, 0.6) is 11.5 Å². The SMILES string of the molecule is COc1ccc(/C=N/NC(=O)COc2cccc(C)c2)cc1I. The minimum Gasteiger partial charge on any atom is -0.496 e. The Bertz CT molecular complexity index is 717. The molecule has 0 aromatic heterocycles. The lowest BCUT2D eigenvalue weighted by Crippen LogP contribution is -2.24. The van der Waals surface area contributed by atoms with E-state index in [2.05, 4.69) is 33.1 Å². The third-order valence-electron chi connectivity index (χ3n) is 2.94. The van der Waals surface area contributed by atoms with E-state index in [1.54, 1.807) is 13.3 Å². The zero-order chi connectivity index (χ0) is 16.7. The molecule has 2 aromatic rings. The molecule has 1 amide bonds. The number of ether oxygens (including phenoxy) is 2. The smallest absolute Gasteiger partial charge is 0.277 e. The van der Waals surface area contributed by atoms with E-state index in [4.69, 9.17) is 9.47 Å². The quantitative estimate of drug-likeness (QED) is 0.441. The third kappa shape index (κ3) is 5.55. The Balaban J connectivity index is 1.83. The Morgan fingerprint density at radius 2 is 2.13 bits per heavy atom. The van der Waals surface area contributed by atoms with Gasteiger partial charge >= 0.3 is 0 Å². The van der Waals surface area contributed by atoms with Gasteiger partial charge in [0, 0.05) is 0 Å². The highest BCUT2D eigenvalue weighted by atomic mass is 127. The van der Waals surface area contributed by atoms with Crippen molar-refractivity contribution in [1.29, 1.82) is 0 Å². The summed E-state index contributed by atoms with van der Waals surface area (Å²) in [6, 6.07) is 13.2. The van der Waals surface area contributed by atoms with Gasteiger partial charge in [0.15, 0.2) is 6.61 Å². The molecule has 2 aromatic carbocycles. The van der Waals surface area contributed by atoms with Crippen LogP contribution in [0.25, 0.3) is 0 Å². The Morgan fingerprint density at radius 3 is 2.83 bits per heavy atom. The maximum absolute atomic E-state index is 11.7. The summed E-state index contributed by atoms with van der Waals surface area (Å²) in [5.41, 5.74) is 4.39. The second kappa shape index (κ2) is 8.52. The molecule has 0 aliphatic heterocycles. The molecule has 1 N–H and O–H groups in total. The number of hydrogen-bond donors (Lipinski definition) is 1. The molecular formula is C17H17IN2O3. The number of rotatable bonds is 6. The van der Waals surface area contributed by atoms with Crippen molar-refractivity contribution in [2.75, 3.05) is 13.7 Å². The van der Waals surface area contributed by atoms with Crippen LogP contribution < -0.4 is 14.9 Å². The Morgan fingerprint density at radius 1 is 1.30 bits per heavy atom. The van der Waals surface area contributed by atoms with Gasteiger partial charge in [0.2, 0.25) is 0 Å². The van der Waals surface area contributed by atoms with Crippen molar-refractivity contribution in [3.05, 3.63) is 57.2 Å². The van der Waals surface area contributed by atoms with Gasteiger partial charge in [-0.2, -0.15) is 5.10 Å². The van der Waals surface area contributed by atoms with Crippen LogP contribution in [0, 0.1) is 10.5 Å². The highest BCUT2D eigenvalue weighted by Gasteiger charge is 2.02. The first kappa shape index (κ1) is 17.3. The van der Waals surface area contributed by atoms with E-state index in [1.165, 1.54) is 0 Å². The van der Waals surface area contributed by atoms with Gasteiger partial charge < -0.3 is 9.47 Å². The number of methoxy groups -OCH3 is 1. The first-order valence-corrected chi connectivity index (χ1v) is 8.01.